The van der Waals surface area contributed by atoms with Gasteiger partial charge in [0, 0.05) is 28.1 Å². The summed E-state index contributed by atoms with van der Waals surface area (Å²) < 4.78 is 7.76. The Morgan fingerprint density at radius 3 is 2.73 bits per heavy atom. The van der Waals surface area contributed by atoms with Crippen molar-refractivity contribution in [3.05, 3.63) is 87.3 Å². The highest BCUT2D eigenvalue weighted by Crippen LogP contribution is 2.33. The van der Waals surface area contributed by atoms with Crippen molar-refractivity contribution in [2.45, 2.75) is 32.3 Å². The molecule has 8 nitrogen and oxygen atoms in total. The largest absolute Gasteiger partial charge is 0.376 e. The second-order valence-corrected chi connectivity index (χ2v) is 11.9. The van der Waals surface area contributed by atoms with Crippen LogP contribution in [0.4, 0.5) is 10.8 Å². The molecule has 0 radical (unpaired) electrons. The Labute approximate surface area is 244 Å². The molecule has 204 valence electrons. The van der Waals surface area contributed by atoms with Crippen LogP contribution in [-0.2, 0) is 16.0 Å². The monoisotopic (exact) mass is 591 g/mol. The Balaban J connectivity index is 1.25. The first-order valence-electron chi connectivity index (χ1n) is 12.9. The summed E-state index contributed by atoms with van der Waals surface area (Å²) in [5.41, 5.74) is 3.07. The van der Waals surface area contributed by atoms with Crippen LogP contribution in [0.1, 0.15) is 33.9 Å². The third-order valence-corrected chi connectivity index (χ3v) is 8.91. The summed E-state index contributed by atoms with van der Waals surface area (Å²) in [5, 5.41) is 11.5. The first-order valence-corrected chi connectivity index (χ1v) is 15.0. The van der Waals surface area contributed by atoms with E-state index in [1.807, 2.05) is 53.4 Å². The summed E-state index contributed by atoms with van der Waals surface area (Å²) >= 11 is 8.71. The third-order valence-electron chi connectivity index (χ3n) is 6.65. The van der Waals surface area contributed by atoms with Crippen molar-refractivity contribution in [2.75, 3.05) is 23.4 Å². The number of thiophene rings is 1. The van der Waals surface area contributed by atoms with Crippen molar-refractivity contribution in [2.24, 2.45) is 0 Å². The fourth-order valence-corrected chi connectivity index (χ4v) is 6.76. The van der Waals surface area contributed by atoms with E-state index in [1.54, 1.807) is 29.2 Å². The second-order valence-electron chi connectivity index (χ2n) is 9.57. The molecule has 1 fully saturated rings. The average molecular weight is 592 g/mol. The zero-order valence-corrected chi connectivity index (χ0v) is 24.1. The number of benzene rings is 2. The van der Waals surface area contributed by atoms with Crippen LogP contribution in [-0.4, -0.2) is 45.8 Å². The molecule has 3 aromatic heterocycles. The highest BCUT2D eigenvalue weighted by Gasteiger charge is 2.29. The fraction of sp³-hybridized carbons (Fsp3) is 0.241. The minimum Gasteiger partial charge on any atom is -0.376 e. The highest BCUT2D eigenvalue weighted by atomic mass is 35.5. The van der Waals surface area contributed by atoms with Crippen LogP contribution in [0, 0.1) is 6.92 Å². The lowest BCUT2D eigenvalue weighted by molar-refractivity contribution is -0.115. The molecule has 0 spiro atoms. The van der Waals surface area contributed by atoms with Gasteiger partial charge < -0.3 is 10.1 Å². The van der Waals surface area contributed by atoms with E-state index >= 15 is 0 Å². The molecule has 0 aliphatic carbocycles. The molecule has 0 saturated carbocycles. The van der Waals surface area contributed by atoms with Gasteiger partial charge in [0.1, 0.15) is 4.83 Å². The number of ether oxygens (including phenoxy) is 1. The SMILES string of the molecule is Cc1nn(-c2ccccc2)c2sc(C(=O)N(CC3CCCO3)c3nc(CC(=O)Nc4ccc(Cl)cc4)cs3)cc12. The number of carbonyl (C=O) groups excluding carboxylic acids is 2. The van der Waals surface area contributed by atoms with E-state index in [0.29, 0.717) is 39.6 Å². The minimum absolute atomic E-state index is 0.0552. The van der Waals surface area contributed by atoms with Crippen LogP contribution < -0.4 is 10.2 Å². The lowest BCUT2D eigenvalue weighted by atomic mass is 10.2. The van der Waals surface area contributed by atoms with E-state index in [4.69, 9.17) is 26.4 Å². The van der Waals surface area contributed by atoms with Crippen molar-refractivity contribution in [1.29, 1.82) is 0 Å². The van der Waals surface area contributed by atoms with Crippen molar-refractivity contribution in [1.82, 2.24) is 14.8 Å². The van der Waals surface area contributed by atoms with Gasteiger partial charge in [0.2, 0.25) is 5.91 Å². The number of nitrogens with one attached hydrogen (secondary N) is 1. The summed E-state index contributed by atoms with van der Waals surface area (Å²) in [6.45, 7) is 3.05. The van der Waals surface area contributed by atoms with E-state index in [9.17, 15) is 9.59 Å². The Kier molecular flexibility index (Phi) is 7.66. The maximum atomic E-state index is 14.0. The van der Waals surface area contributed by atoms with Gasteiger partial charge in [-0.1, -0.05) is 29.8 Å². The number of aryl methyl sites for hydroxylation is 1. The number of fused-ring (bicyclic) bond motifs is 1. The Hall–Kier alpha value is -3.57. The van der Waals surface area contributed by atoms with Gasteiger partial charge in [-0.15, -0.1) is 22.7 Å². The molecule has 1 aliphatic heterocycles. The van der Waals surface area contributed by atoms with Gasteiger partial charge in [0.15, 0.2) is 5.13 Å². The number of hydrogen-bond donors (Lipinski definition) is 1. The molecule has 11 heteroatoms. The van der Waals surface area contributed by atoms with Gasteiger partial charge in [0.25, 0.3) is 5.91 Å². The summed E-state index contributed by atoms with van der Waals surface area (Å²) in [4.78, 5) is 34.5. The number of amides is 2. The van der Waals surface area contributed by atoms with Gasteiger partial charge in [-0.05, 0) is 62.2 Å². The Morgan fingerprint density at radius 2 is 1.98 bits per heavy atom. The number of rotatable bonds is 8. The normalized spacial score (nSPS) is 15.0. The summed E-state index contributed by atoms with van der Waals surface area (Å²) in [6, 6.07) is 18.8. The first kappa shape index (κ1) is 26.6. The third kappa shape index (κ3) is 5.66. The molecule has 5 aromatic rings. The predicted molar refractivity (Wildman–Crippen MR) is 160 cm³/mol. The summed E-state index contributed by atoms with van der Waals surface area (Å²) in [5.74, 6) is -0.330. The lowest BCUT2D eigenvalue weighted by Gasteiger charge is -2.22. The van der Waals surface area contributed by atoms with E-state index in [0.717, 1.165) is 34.4 Å². The van der Waals surface area contributed by atoms with Crippen molar-refractivity contribution >= 4 is 67.1 Å². The van der Waals surface area contributed by atoms with Gasteiger partial charge in [0.05, 0.1) is 41.0 Å². The number of para-hydroxylation sites is 1. The van der Waals surface area contributed by atoms with Crippen LogP contribution in [0.2, 0.25) is 5.02 Å². The van der Waals surface area contributed by atoms with Crippen LogP contribution in [0.25, 0.3) is 15.9 Å². The molecule has 40 heavy (non-hydrogen) atoms. The van der Waals surface area contributed by atoms with Gasteiger partial charge in [-0.2, -0.15) is 5.10 Å². The Bertz CT molecular complexity index is 1660. The number of aromatic nitrogens is 3. The molecule has 2 amide bonds. The molecule has 4 heterocycles. The standard InChI is InChI=1S/C29H26ClN5O3S2/c1-18-24-15-25(40-28(24)35(33-18)22-6-3-2-4-7-22)27(37)34(16-23-8-5-13-38-23)29-32-21(17-39-29)14-26(36)31-20-11-9-19(30)10-12-20/h2-4,6-7,9-12,15,17,23H,5,8,13-14,16H2,1H3,(H,31,36). The molecule has 1 saturated heterocycles. The number of carbonyl (C=O) groups is 2. The molecular formula is C29H26ClN5O3S2. The van der Waals surface area contributed by atoms with Crippen LogP contribution >= 0.6 is 34.3 Å². The number of anilines is 2. The number of hydrogen-bond acceptors (Lipinski definition) is 7. The first-order chi connectivity index (χ1) is 19.4. The maximum Gasteiger partial charge on any atom is 0.270 e. The maximum absolute atomic E-state index is 14.0. The van der Waals surface area contributed by atoms with Crippen molar-refractivity contribution in [3.8, 4) is 5.69 Å². The summed E-state index contributed by atoms with van der Waals surface area (Å²) in [6.07, 6.45) is 1.89. The smallest absolute Gasteiger partial charge is 0.270 e. The molecule has 0 bridgehead atoms. The molecule has 6 rings (SSSR count). The van der Waals surface area contributed by atoms with E-state index in [-0.39, 0.29) is 24.3 Å². The average Bonchev–Trinajstić information content (AvgIpc) is 3.76. The summed E-state index contributed by atoms with van der Waals surface area (Å²) in [7, 11) is 0. The molecule has 2 aromatic carbocycles. The van der Waals surface area contributed by atoms with Gasteiger partial charge in [-0.3, -0.25) is 14.5 Å². The number of nitrogens with zero attached hydrogens (tertiary/aromatic N) is 4. The van der Waals surface area contributed by atoms with E-state index in [2.05, 4.69) is 5.32 Å². The fourth-order valence-electron chi connectivity index (χ4n) is 4.67. The lowest BCUT2D eigenvalue weighted by Crippen LogP contribution is -2.37. The van der Waals surface area contributed by atoms with Crippen LogP contribution in [0.5, 0.6) is 0 Å². The zero-order valence-electron chi connectivity index (χ0n) is 21.7. The predicted octanol–water partition coefficient (Wildman–Crippen LogP) is 6.51. The molecule has 1 unspecified atom stereocenters. The van der Waals surface area contributed by atoms with E-state index < -0.39 is 0 Å². The quantitative estimate of drug-likeness (QED) is 0.222. The van der Waals surface area contributed by atoms with Crippen molar-refractivity contribution < 1.29 is 14.3 Å². The highest BCUT2D eigenvalue weighted by molar-refractivity contribution is 7.20. The zero-order chi connectivity index (χ0) is 27.6. The Morgan fingerprint density at radius 1 is 1.18 bits per heavy atom. The molecule has 1 N–H and O–H groups in total. The molecular weight excluding hydrogens is 566 g/mol. The molecule has 1 atom stereocenters. The van der Waals surface area contributed by atoms with Crippen LogP contribution in [0.15, 0.2) is 66.0 Å². The van der Waals surface area contributed by atoms with Gasteiger partial charge >= 0.3 is 0 Å². The topological polar surface area (TPSA) is 89.3 Å². The van der Waals surface area contributed by atoms with E-state index in [1.165, 1.54) is 22.7 Å². The molecule has 1 aliphatic rings. The van der Waals surface area contributed by atoms with Crippen LogP contribution in [0.3, 0.4) is 0 Å². The second kappa shape index (κ2) is 11.5. The van der Waals surface area contributed by atoms with Crippen molar-refractivity contribution in [3.63, 3.8) is 0 Å². The van der Waals surface area contributed by atoms with Gasteiger partial charge in [-0.25, -0.2) is 9.67 Å². The number of thiazole rings is 1. The number of halogens is 1. The minimum atomic E-state index is -0.193.